The first-order valence-corrected chi connectivity index (χ1v) is 9.96. The summed E-state index contributed by atoms with van der Waals surface area (Å²) in [5, 5.41) is 0. The molecule has 3 aromatic rings. The van der Waals surface area contributed by atoms with Gasteiger partial charge < -0.3 is 9.15 Å². The van der Waals surface area contributed by atoms with Crippen LogP contribution in [0.3, 0.4) is 0 Å². The predicted molar refractivity (Wildman–Crippen MR) is 111 cm³/mol. The number of carbonyl (C=O) groups is 1. The molecule has 0 saturated heterocycles. The predicted octanol–water partition coefficient (Wildman–Crippen LogP) is 6.39. The van der Waals surface area contributed by atoms with E-state index >= 15 is 0 Å². The van der Waals surface area contributed by atoms with Gasteiger partial charge in [-0.05, 0) is 79.9 Å². The molecule has 0 saturated carbocycles. The van der Waals surface area contributed by atoms with Crippen molar-refractivity contribution in [3.8, 4) is 5.75 Å². The number of furan rings is 1. The van der Waals surface area contributed by atoms with Gasteiger partial charge in [-0.1, -0.05) is 19.4 Å². The van der Waals surface area contributed by atoms with Crippen molar-refractivity contribution in [1.82, 2.24) is 0 Å². The highest BCUT2D eigenvalue weighted by Gasteiger charge is 2.07. The maximum Gasteiger partial charge on any atom is 0.195 e. The molecule has 0 fully saturated rings. The Balaban J connectivity index is 1.58. The van der Waals surface area contributed by atoms with Crippen molar-refractivity contribution in [2.45, 2.75) is 40.2 Å². The van der Waals surface area contributed by atoms with E-state index in [1.807, 2.05) is 50.2 Å². The minimum Gasteiger partial charge on any atom is -0.486 e. The molecule has 0 atom stereocenters. The topological polar surface area (TPSA) is 39.4 Å². The third-order valence-corrected chi connectivity index (χ3v) is 5.22. The number of ether oxygens (including phenoxy) is 1. The SMILES string of the molecule is CCCc1ccc(C(=O)/C=C/c2ccc(COc3cc(C)cc(C)c3)o2)s1. The van der Waals surface area contributed by atoms with Crippen LogP contribution in [0.5, 0.6) is 5.75 Å². The van der Waals surface area contributed by atoms with Crippen molar-refractivity contribution in [3.63, 3.8) is 0 Å². The molecular weight excluding hydrogens is 356 g/mol. The molecule has 0 aliphatic heterocycles. The van der Waals surface area contributed by atoms with Crippen LogP contribution in [0.1, 0.15) is 50.5 Å². The Bertz CT molecular complexity index is 926. The summed E-state index contributed by atoms with van der Waals surface area (Å²) in [7, 11) is 0. The van der Waals surface area contributed by atoms with E-state index in [0.29, 0.717) is 12.4 Å². The normalized spacial score (nSPS) is 11.2. The average molecular weight is 381 g/mol. The van der Waals surface area contributed by atoms with E-state index in [1.54, 1.807) is 23.5 Å². The zero-order chi connectivity index (χ0) is 19.2. The lowest BCUT2D eigenvalue weighted by atomic mass is 10.1. The summed E-state index contributed by atoms with van der Waals surface area (Å²) in [5.41, 5.74) is 2.34. The molecule has 1 aromatic carbocycles. The molecule has 4 heteroatoms. The summed E-state index contributed by atoms with van der Waals surface area (Å²) in [6, 6.07) is 13.8. The maximum absolute atomic E-state index is 12.3. The molecule has 27 heavy (non-hydrogen) atoms. The van der Waals surface area contributed by atoms with Gasteiger partial charge in [0.2, 0.25) is 0 Å². The van der Waals surface area contributed by atoms with Crippen LogP contribution in [-0.2, 0) is 13.0 Å². The van der Waals surface area contributed by atoms with Crippen LogP contribution in [0.25, 0.3) is 6.08 Å². The third-order valence-electron chi connectivity index (χ3n) is 4.06. The number of rotatable bonds is 8. The smallest absolute Gasteiger partial charge is 0.195 e. The summed E-state index contributed by atoms with van der Waals surface area (Å²) < 4.78 is 11.5. The van der Waals surface area contributed by atoms with Crippen LogP contribution in [0.2, 0.25) is 0 Å². The van der Waals surface area contributed by atoms with E-state index in [4.69, 9.17) is 9.15 Å². The number of hydrogen-bond acceptors (Lipinski definition) is 4. The van der Waals surface area contributed by atoms with E-state index < -0.39 is 0 Å². The van der Waals surface area contributed by atoms with Gasteiger partial charge in [-0.25, -0.2) is 0 Å². The van der Waals surface area contributed by atoms with Gasteiger partial charge in [0.1, 0.15) is 23.9 Å². The maximum atomic E-state index is 12.3. The zero-order valence-electron chi connectivity index (χ0n) is 16.0. The Morgan fingerprint density at radius 3 is 2.63 bits per heavy atom. The standard InChI is InChI=1S/C23H24O3S/c1-4-5-21-9-11-23(27-21)22(24)10-8-18-6-7-19(26-18)15-25-20-13-16(2)12-17(3)14-20/h6-14H,4-5,15H2,1-3H3/b10-8+. The number of ketones is 1. The lowest BCUT2D eigenvalue weighted by molar-refractivity contribution is 0.105. The molecule has 0 unspecified atom stereocenters. The zero-order valence-corrected chi connectivity index (χ0v) is 16.8. The number of carbonyl (C=O) groups excluding carboxylic acids is 1. The Kier molecular flexibility index (Phi) is 6.30. The molecule has 2 aromatic heterocycles. The molecule has 3 nitrogen and oxygen atoms in total. The van der Waals surface area contributed by atoms with Crippen LogP contribution in [0.4, 0.5) is 0 Å². The van der Waals surface area contributed by atoms with Gasteiger partial charge in [-0.3, -0.25) is 4.79 Å². The van der Waals surface area contributed by atoms with Crippen LogP contribution >= 0.6 is 11.3 Å². The van der Waals surface area contributed by atoms with E-state index in [1.165, 1.54) is 16.0 Å². The van der Waals surface area contributed by atoms with E-state index in [9.17, 15) is 4.79 Å². The first-order chi connectivity index (χ1) is 13.0. The van der Waals surface area contributed by atoms with Crippen molar-refractivity contribution in [1.29, 1.82) is 0 Å². The number of allylic oxidation sites excluding steroid dienone is 1. The van der Waals surface area contributed by atoms with Crippen molar-refractivity contribution >= 4 is 23.2 Å². The van der Waals surface area contributed by atoms with Gasteiger partial charge >= 0.3 is 0 Å². The minimum atomic E-state index is 0.00629. The molecule has 0 aliphatic rings. The Morgan fingerprint density at radius 1 is 1.11 bits per heavy atom. The van der Waals surface area contributed by atoms with Crippen molar-refractivity contribution in [2.24, 2.45) is 0 Å². The fourth-order valence-corrected chi connectivity index (χ4v) is 3.89. The fourth-order valence-electron chi connectivity index (χ4n) is 2.86. The Morgan fingerprint density at radius 2 is 1.89 bits per heavy atom. The molecule has 0 spiro atoms. The van der Waals surface area contributed by atoms with Gasteiger partial charge in [0.15, 0.2) is 5.78 Å². The first kappa shape index (κ1) is 19.2. The number of aryl methyl sites for hydroxylation is 3. The first-order valence-electron chi connectivity index (χ1n) is 9.14. The minimum absolute atomic E-state index is 0.00629. The van der Waals surface area contributed by atoms with Gasteiger partial charge in [-0.15, -0.1) is 11.3 Å². The lowest BCUT2D eigenvalue weighted by Crippen LogP contribution is -1.94. The second-order valence-corrected chi connectivity index (χ2v) is 7.80. The van der Waals surface area contributed by atoms with Crippen LogP contribution in [-0.4, -0.2) is 5.78 Å². The molecule has 140 valence electrons. The van der Waals surface area contributed by atoms with Crippen LogP contribution < -0.4 is 4.74 Å². The number of benzene rings is 1. The highest BCUT2D eigenvalue weighted by Crippen LogP contribution is 2.21. The molecule has 0 aliphatic carbocycles. The van der Waals surface area contributed by atoms with Gasteiger partial charge in [0.25, 0.3) is 0 Å². The molecule has 0 radical (unpaired) electrons. The summed E-state index contributed by atoms with van der Waals surface area (Å²) in [6.07, 6.45) is 5.38. The molecule has 0 bridgehead atoms. The summed E-state index contributed by atoms with van der Waals surface area (Å²) >= 11 is 1.56. The van der Waals surface area contributed by atoms with Crippen LogP contribution in [0, 0.1) is 13.8 Å². The molecule has 0 N–H and O–H groups in total. The summed E-state index contributed by atoms with van der Waals surface area (Å²) in [4.78, 5) is 14.3. The van der Waals surface area contributed by atoms with Gasteiger partial charge in [0.05, 0.1) is 4.88 Å². The largest absolute Gasteiger partial charge is 0.486 e. The molecule has 2 heterocycles. The molecule has 3 rings (SSSR count). The second kappa shape index (κ2) is 8.87. The van der Waals surface area contributed by atoms with Crippen LogP contribution in [0.15, 0.2) is 53.0 Å². The molecule has 0 amide bonds. The highest BCUT2D eigenvalue weighted by molar-refractivity contribution is 7.14. The van der Waals surface area contributed by atoms with E-state index in [0.717, 1.165) is 29.2 Å². The third kappa shape index (κ3) is 5.44. The van der Waals surface area contributed by atoms with Crippen molar-refractivity contribution < 1.29 is 13.9 Å². The Hall–Kier alpha value is -2.59. The monoisotopic (exact) mass is 380 g/mol. The summed E-state index contributed by atoms with van der Waals surface area (Å²) in [5.74, 6) is 2.21. The number of thiophene rings is 1. The highest BCUT2D eigenvalue weighted by atomic mass is 32.1. The lowest BCUT2D eigenvalue weighted by Gasteiger charge is -2.06. The van der Waals surface area contributed by atoms with Gasteiger partial charge in [0, 0.05) is 4.88 Å². The second-order valence-electron chi connectivity index (χ2n) is 6.63. The quantitative estimate of drug-likeness (QED) is 0.336. The van der Waals surface area contributed by atoms with Crippen molar-refractivity contribution in [3.05, 3.63) is 80.9 Å². The average Bonchev–Trinajstić information content (AvgIpc) is 3.27. The fraction of sp³-hybridized carbons (Fsp3) is 0.261. The van der Waals surface area contributed by atoms with Crippen molar-refractivity contribution in [2.75, 3.05) is 0 Å². The Labute approximate surface area is 164 Å². The number of hydrogen-bond donors (Lipinski definition) is 0. The summed E-state index contributed by atoms with van der Waals surface area (Å²) in [6.45, 7) is 6.59. The van der Waals surface area contributed by atoms with E-state index in [2.05, 4.69) is 13.0 Å². The molecular formula is C23H24O3S. The van der Waals surface area contributed by atoms with E-state index in [-0.39, 0.29) is 5.78 Å². The van der Waals surface area contributed by atoms with Gasteiger partial charge in [-0.2, -0.15) is 0 Å².